The number of benzene rings is 1. The molecule has 1 fully saturated rings. The van der Waals surface area contributed by atoms with Gasteiger partial charge in [0.05, 0.1) is 0 Å². The predicted octanol–water partition coefficient (Wildman–Crippen LogP) is 5.01. The Labute approximate surface area is 105 Å². The second-order valence-electron chi connectivity index (χ2n) is 4.42. The third-order valence-corrected chi connectivity index (χ3v) is 4.57. The molecule has 0 aromatic heterocycles. The van der Waals surface area contributed by atoms with Crippen molar-refractivity contribution in [2.45, 2.75) is 31.6 Å². The van der Waals surface area contributed by atoms with Gasteiger partial charge >= 0.3 is 0 Å². The van der Waals surface area contributed by atoms with E-state index in [0.29, 0.717) is 0 Å². The minimum absolute atomic E-state index is 0.762. The number of hydrogen-bond donors (Lipinski definition) is 0. The van der Waals surface area contributed by atoms with E-state index < -0.39 is 0 Å². The summed E-state index contributed by atoms with van der Waals surface area (Å²) in [6.07, 6.45) is 5.38. The minimum atomic E-state index is 0.762. The number of halogens is 2. The fourth-order valence-electron chi connectivity index (χ4n) is 2.39. The Kier molecular flexibility index (Phi) is 4.10. The van der Waals surface area contributed by atoms with Crippen molar-refractivity contribution >= 4 is 27.5 Å². The highest BCUT2D eigenvalue weighted by Gasteiger charge is 2.21. The van der Waals surface area contributed by atoms with E-state index in [4.69, 9.17) is 11.6 Å². The normalized spacial score (nSPS) is 26.5. The summed E-state index contributed by atoms with van der Waals surface area (Å²) in [6, 6.07) is 8.38. The Morgan fingerprint density at radius 1 is 1.07 bits per heavy atom. The zero-order chi connectivity index (χ0) is 10.7. The topological polar surface area (TPSA) is 0 Å². The first-order valence-electron chi connectivity index (χ1n) is 5.61. The first-order chi connectivity index (χ1) is 7.29. The monoisotopic (exact) mass is 286 g/mol. The SMILES string of the molecule is Clc1ccc(C2CCC(CBr)CC2)cc1. The fraction of sp³-hybridized carbons (Fsp3) is 0.538. The highest BCUT2D eigenvalue weighted by atomic mass is 79.9. The van der Waals surface area contributed by atoms with Gasteiger partial charge in [0.15, 0.2) is 0 Å². The molecule has 0 heterocycles. The molecule has 1 aliphatic carbocycles. The molecule has 0 atom stereocenters. The molecule has 0 bridgehead atoms. The van der Waals surface area contributed by atoms with Crippen LogP contribution in [0.15, 0.2) is 24.3 Å². The molecule has 0 nitrogen and oxygen atoms in total. The van der Waals surface area contributed by atoms with Crippen molar-refractivity contribution in [3.63, 3.8) is 0 Å². The van der Waals surface area contributed by atoms with Crippen LogP contribution in [0.3, 0.4) is 0 Å². The van der Waals surface area contributed by atoms with Crippen LogP contribution in [-0.2, 0) is 0 Å². The Morgan fingerprint density at radius 3 is 2.20 bits per heavy atom. The molecular weight excluding hydrogens is 272 g/mol. The molecule has 0 saturated heterocycles. The van der Waals surface area contributed by atoms with Gasteiger partial charge in [0.2, 0.25) is 0 Å². The zero-order valence-electron chi connectivity index (χ0n) is 8.76. The maximum absolute atomic E-state index is 5.89. The van der Waals surface area contributed by atoms with Crippen LogP contribution in [0.25, 0.3) is 0 Å². The van der Waals surface area contributed by atoms with E-state index in [0.717, 1.165) is 16.9 Å². The van der Waals surface area contributed by atoms with Crippen molar-refractivity contribution in [3.8, 4) is 0 Å². The first-order valence-corrected chi connectivity index (χ1v) is 7.11. The van der Waals surface area contributed by atoms with Crippen molar-refractivity contribution < 1.29 is 0 Å². The predicted molar refractivity (Wildman–Crippen MR) is 69.9 cm³/mol. The van der Waals surface area contributed by atoms with Crippen LogP contribution in [0.1, 0.15) is 37.2 Å². The van der Waals surface area contributed by atoms with Gasteiger partial charge in [-0.3, -0.25) is 0 Å². The van der Waals surface area contributed by atoms with Gasteiger partial charge < -0.3 is 0 Å². The summed E-state index contributed by atoms with van der Waals surface area (Å²) < 4.78 is 0. The van der Waals surface area contributed by atoms with Gasteiger partial charge in [-0.1, -0.05) is 39.7 Å². The maximum atomic E-state index is 5.89. The Balaban J connectivity index is 1.98. The van der Waals surface area contributed by atoms with E-state index >= 15 is 0 Å². The third kappa shape index (κ3) is 2.98. The van der Waals surface area contributed by atoms with Crippen molar-refractivity contribution in [3.05, 3.63) is 34.9 Å². The van der Waals surface area contributed by atoms with Crippen LogP contribution >= 0.6 is 27.5 Å². The van der Waals surface area contributed by atoms with E-state index in [1.807, 2.05) is 12.1 Å². The van der Waals surface area contributed by atoms with E-state index in [1.54, 1.807) is 0 Å². The summed E-state index contributed by atoms with van der Waals surface area (Å²) in [4.78, 5) is 0. The second-order valence-corrected chi connectivity index (χ2v) is 5.51. The molecular formula is C13H16BrCl. The van der Waals surface area contributed by atoms with E-state index in [-0.39, 0.29) is 0 Å². The molecule has 0 unspecified atom stereocenters. The maximum Gasteiger partial charge on any atom is 0.0406 e. The fourth-order valence-corrected chi connectivity index (χ4v) is 3.16. The van der Waals surface area contributed by atoms with Gasteiger partial charge in [-0.15, -0.1) is 0 Å². The van der Waals surface area contributed by atoms with Crippen molar-refractivity contribution in [1.82, 2.24) is 0 Å². The summed E-state index contributed by atoms with van der Waals surface area (Å²) in [6.45, 7) is 0. The zero-order valence-corrected chi connectivity index (χ0v) is 11.1. The smallest absolute Gasteiger partial charge is 0.0406 e. The molecule has 1 aromatic carbocycles. The highest BCUT2D eigenvalue weighted by molar-refractivity contribution is 9.09. The van der Waals surface area contributed by atoms with Gasteiger partial charge in [-0.2, -0.15) is 0 Å². The summed E-state index contributed by atoms with van der Waals surface area (Å²) in [5, 5.41) is 2.01. The van der Waals surface area contributed by atoms with Gasteiger partial charge in [0.1, 0.15) is 0 Å². The van der Waals surface area contributed by atoms with Crippen LogP contribution < -0.4 is 0 Å². The van der Waals surface area contributed by atoms with Crippen LogP contribution in [0.4, 0.5) is 0 Å². The lowest BCUT2D eigenvalue weighted by atomic mass is 9.79. The van der Waals surface area contributed by atoms with Crippen LogP contribution in [-0.4, -0.2) is 5.33 Å². The lowest BCUT2D eigenvalue weighted by molar-refractivity contribution is 0.354. The van der Waals surface area contributed by atoms with Gasteiger partial charge in [-0.25, -0.2) is 0 Å². The highest BCUT2D eigenvalue weighted by Crippen LogP contribution is 2.36. The lowest BCUT2D eigenvalue weighted by Crippen LogP contribution is -2.14. The van der Waals surface area contributed by atoms with Crippen molar-refractivity contribution in [1.29, 1.82) is 0 Å². The minimum Gasteiger partial charge on any atom is -0.0925 e. The largest absolute Gasteiger partial charge is 0.0925 e. The van der Waals surface area contributed by atoms with Crippen LogP contribution in [0.2, 0.25) is 5.02 Å². The molecule has 0 aliphatic heterocycles. The molecule has 0 N–H and O–H groups in total. The van der Waals surface area contributed by atoms with E-state index in [1.165, 1.54) is 36.6 Å². The molecule has 1 aliphatic rings. The van der Waals surface area contributed by atoms with Crippen LogP contribution in [0, 0.1) is 5.92 Å². The molecule has 15 heavy (non-hydrogen) atoms. The number of hydrogen-bond acceptors (Lipinski definition) is 0. The summed E-state index contributed by atoms with van der Waals surface area (Å²) >= 11 is 9.47. The Bertz CT molecular complexity index is 299. The van der Waals surface area contributed by atoms with Gasteiger partial charge in [0.25, 0.3) is 0 Å². The summed E-state index contributed by atoms with van der Waals surface area (Å²) in [5.41, 5.74) is 1.47. The molecule has 2 rings (SSSR count). The summed E-state index contributed by atoms with van der Waals surface area (Å²) in [5.74, 6) is 1.66. The van der Waals surface area contributed by atoms with Gasteiger partial charge in [0, 0.05) is 10.4 Å². The van der Waals surface area contributed by atoms with Crippen LogP contribution in [0.5, 0.6) is 0 Å². The second kappa shape index (κ2) is 5.36. The molecule has 1 aromatic rings. The standard InChI is InChI=1S/C13H16BrCl/c14-9-10-1-3-11(4-2-10)12-5-7-13(15)8-6-12/h5-8,10-11H,1-4,9H2. The molecule has 0 radical (unpaired) electrons. The Morgan fingerprint density at radius 2 is 1.67 bits per heavy atom. The summed E-state index contributed by atoms with van der Waals surface area (Å²) in [7, 11) is 0. The van der Waals surface area contributed by atoms with Crippen molar-refractivity contribution in [2.24, 2.45) is 5.92 Å². The molecule has 2 heteroatoms. The number of rotatable bonds is 2. The lowest BCUT2D eigenvalue weighted by Gasteiger charge is -2.27. The number of alkyl halides is 1. The average Bonchev–Trinajstić information content (AvgIpc) is 2.30. The quantitative estimate of drug-likeness (QED) is 0.671. The van der Waals surface area contributed by atoms with Gasteiger partial charge in [-0.05, 0) is 55.2 Å². The molecule has 82 valence electrons. The first kappa shape index (κ1) is 11.5. The average molecular weight is 288 g/mol. The molecule has 1 saturated carbocycles. The Hall–Kier alpha value is -0.0100. The molecule has 0 amide bonds. The van der Waals surface area contributed by atoms with E-state index in [2.05, 4.69) is 28.1 Å². The van der Waals surface area contributed by atoms with E-state index in [9.17, 15) is 0 Å². The van der Waals surface area contributed by atoms with Crippen molar-refractivity contribution in [2.75, 3.05) is 5.33 Å². The third-order valence-electron chi connectivity index (χ3n) is 3.41. The molecule has 0 spiro atoms.